The molecule has 31 heavy (non-hydrogen) atoms. The Balaban J connectivity index is 1.44. The number of carbonyl (C=O) groups excluding carboxylic acids is 1. The molecule has 0 bridgehead atoms. The van der Waals surface area contributed by atoms with Gasteiger partial charge in [0, 0.05) is 51.5 Å². The highest BCUT2D eigenvalue weighted by Gasteiger charge is 2.18. The molecule has 0 aliphatic heterocycles. The molecule has 0 radical (unpaired) electrons. The van der Waals surface area contributed by atoms with Gasteiger partial charge in [0.1, 0.15) is 5.82 Å². The van der Waals surface area contributed by atoms with Crippen molar-refractivity contribution in [2.75, 3.05) is 19.0 Å². The number of aromatic nitrogens is 4. The first-order valence-electron chi connectivity index (χ1n) is 9.64. The number of sulfone groups is 1. The lowest BCUT2D eigenvalue weighted by Gasteiger charge is -2.11. The van der Waals surface area contributed by atoms with Crippen molar-refractivity contribution in [3.8, 4) is 0 Å². The van der Waals surface area contributed by atoms with Crippen LogP contribution in [0.1, 0.15) is 22.3 Å². The van der Waals surface area contributed by atoms with E-state index in [1.807, 2.05) is 14.1 Å². The number of ketones is 1. The topological polar surface area (TPSA) is 97.5 Å². The largest absolute Gasteiger partial charge is 0.363 e. The molecular weight excluding hydrogens is 414 g/mol. The van der Waals surface area contributed by atoms with Crippen molar-refractivity contribution >= 4 is 27.2 Å². The van der Waals surface area contributed by atoms with Crippen molar-refractivity contribution in [2.24, 2.45) is 0 Å². The molecule has 0 saturated carbocycles. The second-order valence-electron chi connectivity index (χ2n) is 7.29. The van der Waals surface area contributed by atoms with E-state index in [0.29, 0.717) is 30.0 Å². The first-order chi connectivity index (χ1) is 14.8. The van der Waals surface area contributed by atoms with Crippen molar-refractivity contribution in [1.82, 2.24) is 19.4 Å². The number of benzene rings is 1. The molecule has 3 heterocycles. The molecule has 8 nitrogen and oxygen atoms in total. The summed E-state index contributed by atoms with van der Waals surface area (Å²) in [6.07, 6.45) is 8.76. The van der Waals surface area contributed by atoms with Crippen LogP contribution in [0.4, 0.5) is 5.82 Å². The number of hydrogen-bond donors (Lipinski definition) is 0. The minimum absolute atomic E-state index is 0.0353. The fourth-order valence-corrected chi connectivity index (χ4v) is 4.34. The van der Waals surface area contributed by atoms with Gasteiger partial charge in [-0.2, -0.15) is 0 Å². The summed E-state index contributed by atoms with van der Waals surface area (Å²) in [5, 5.41) is 0. The Bertz CT molecular complexity index is 1330. The van der Waals surface area contributed by atoms with Gasteiger partial charge in [-0.15, -0.1) is 0 Å². The van der Waals surface area contributed by atoms with Crippen LogP contribution in [-0.4, -0.2) is 47.6 Å². The number of pyridine rings is 1. The third-order valence-corrected chi connectivity index (χ3v) is 6.69. The van der Waals surface area contributed by atoms with E-state index in [2.05, 4.69) is 15.0 Å². The number of fused-ring (bicyclic) bond motifs is 1. The molecule has 3 aromatic heterocycles. The Labute approximate surface area is 180 Å². The number of anilines is 1. The van der Waals surface area contributed by atoms with Crippen LogP contribution >= 0.6 is 0 Å². The smallest absolute Gasteiger partial charge is 0.233 e. The minimum atomic E-state index is -3.65. The lowest BCUT2D eigenvalue weighted by atomic mass is 10.0. The normalized spacial score (nSPS) is 11.5. The predicted octanol–water partition coefficient (Wildman–Crippen LogP) is 2.84. The summed E-state index contributed by atoms with van der Waals surface area (Å²) in [6, 6.07) is 9.82. The van der Waals surface area contributed by atoms with Crippen LogP contribution < -0.4 is 4.90 Å². The zero-order valence-corrected chi connectivity index (χ0v) is 18.0. The van der Waals surface area contributed by atoms with Gasteiger partial charge in [0.25, 0.3) is 0 Å². The molecule has 0 unspecified atom stereocenters. The van der Waals surface area contributed by atoms with Crippen molar-refractivity contribution in [2.45, 2.75) is 22.6 Å². The van der Waals surface area contributed by atoms with Gasteiger partial charge in [-0.3, -0.25) is 9.20 Å². The zero-order chi connectivity index (χ0) is 22.0. The Morgan fingerprint density at radius 2 is 1.71 bits per heavy atom. The Morgan fingerprint density at radius 3 is 2.39 bits per heavy atom. The van der Waals surface area contributed by atoms with Gasteiger partial charge in [0.2, 0.25) is 15.6 Å². The molecule has 4 rings (SSSR count). The standard InChI is InChI=1S/C22H21N5O3S/c1-26(2)21-10-8-19(14-24-21)31(29,30)18-6-3-16(4-7-18)5-9-20(28)17-13-25-22-23-11-12-27(22)15-17/h3-4,6-8,10-15H,5,9H2,1-2H3. The summed E-state index contributed by atoms with van der Waals surface area (Å²) in [6.45, 7) is 0. The average molecular weight is 436 g/mol. The first-order valence-corrected chi connectivity index (χ1v) is 11.1. The monoisotopic (exact) mass is 435 g/mol. The molecule has 158 valence electrons. The third kappa shape index (κ3) is 4.31. The van der Waals surface area contributed by atoms with E-state index in [0.717, 1.165) is 5.56 Å². The van der Waals surface area contributed by atoms with Gasteiger partial charge in [0.15, 0.2) is 5.78 Å². The van der Waals surface area contributed by atoms with Crippen molar-refractivity contribution < 1.29 is 13.2 Å². The lowest BCUT2D eigenvalue weighted by Crippen LogP contribution is -2.11. The molecular formula is C22H21N5O3S. The van der Waals surface area contributed by atoms with E-state index in [9.17, 15) is 13.2 Å². The Hall–Kier alpha value is -3.59. The van der Waals surface area contributed by atoms with Crippen LogP contribution in [0.15, 0.2) is 77.2 Å². The third-order valence-electron chi connectivity index (χ3n) is 4.93. The lowest BCUT2D eigenvalue weighted by molar-refractivity contribution is 0.0982. The van der Waals surface area contributed by atoms with Crippen LogP contribution in [0.3, 0.4) is 0 Å². The number of rotatable bonds is 7. The molecule has 0 aliphatic carbocycles. The van der Waals surface area contributed by atoms with Crippen molar-refractivity contribution in [3.05, 3.63) is 78.5 Å². The number of nitrogens with zero attached hydrogens (tertiary/aromatic N) is 5. The number of imidazole rings is 1. The molecule has 4 aromatic rings. The maximum absolute atomic E-state index is 12.8. The molecule has 0 atom stereocenters. The van der Waals surface area contributed by atoms with E-state index in [4.69, 9.17) is 0 Å². The van der Waals surface area contributed by atoms with Crippen molar-refractivity contribution in [3.63, 3.8) is 0 Å². The highest BCUT2D eigenvalue weighted by atomic mass is 32.2. The predicted molar refractivity (Wildman–Crippen MR) is 116 cm³/mol. The highest BCUT2D eigenvalue weighted by Crippen LogP contribution is 2.22. The van der Waals surface area contributed by atoms with Gasteiger partial charge < -0.3 is 4.90 Å². The van der Waals surface area contributed by atoms with Crippen LogP contribution in [0.25, 0.3) is 5.78 Å². The van der Waals surface area contributed by atoms with Crippen LogP contribution in [0.2, 0.25) is 0 Å². The van der Waals surface area contributed by atoms with Crippen LogP contribution in [-0.2, 0) is 16.3 Å². The van der Waals surface area contributed by atoms with Crippen LogP contribution in [0, 0.1) is 0 Å². The summed E-state index contributed by atoms with van der Waals surface area (Å²) in [5.41, 5.74) is 1.39. The molecule has 0 N–H and O–H groups in total. The average Bonchev–Trinajstić information content (AvgIpc) is 3.25. The molecule has 9 heteroatoms. The van der Waals surface area contributed by atoms with E-state index >= 15 is 0 Å². The summed E-state index contributed by atoms with van der Waals surface area (Å²) in [7, 11) is 0.0270. The quantitative estimate of drug-likeness (QED) is 0.412. The highest BCUT2D eigenvalue weighted by molar-refractivity contribution is 7.91. The number of hydrogen-bond acceptors (Lipinski definition) is 7. The first kappa shape index (κ1) is 20.7. The van der Waals surface area contributed by atoms with E-state index in [1.54, 1.807) is 64.3 Å². The summed E-state index contributed by atoms with van der Waals surface area (Å²) in [4.78, 5) is 27.0. The Kier molecular flexibility index (Phi) is 5.51. The fraction of sp³-hybridized carbons (Fsp3) is 0.182. The maximum atomic E-state index is 12.8. The molecule has 1 aromatic carbocycles. The second kappa shape index (κ2) is 8.27. The molecule has 0 saturated heterocycles. The van der Waals surface area contributed by atoms with Gasteiger partial charge in [-0.05, 0) is 36.2 Å². The van der Waals surface area contributed by atoms with E-state index < -0.39 is 9.84 Å². The minimum Gasteiger partial charge on any atom is -0.363 e. The number of carbonyl (C=O) groups is 1. The van der Waals surface area contributed by atoms with Crippen LogP contribution in [0.5, 0.6) is 0 Å². The summed E-state index contributed by atoms with van der Waals surface area (Å²) >= 11 is 0. The zero-order valence-electron chi connectivity index (χ0n) is 17.1. The van der Waals surface area contributed by atoms with E-state index in [-0.39, 0.29) is 15.6 Å². The van der Waals surface area contributed by atoms with Gasteiger partial charge in [-0.25, -0.2) is 23.4 Å². The van der Waals surface area contributed by atoms with Gasteiger partial charge in [-0.1, -0.05) is 12.1 Å². The second-order valence-corrected chi connectivity index (χ2v) is 9.24. The van der Waals surface area contributed by atoms with Gasteiger partial charge >= 0.3 is 0 Å². The number of Topliss-reactive ketones (excluding diaryl/α,β-unsaturated/α-hetero) is 1. The van der Waals surface area contributed by atoms with E-state index in [1.165, 1.54) is 12.4 Å². The maximum Gasteiger partial charge on any atom is 0.233 e. The fourth-order valence-electron chi connectivity index (χ4n) is 3.13. The Morgan fingerprint density at radius 1 is 0.968 bits per heavy atom. The summed E-state index contributed by atoms with van der Waals surface area (Å²) < 4.78 is 27.4. The molecule has 0 spiro atoms. The summed E-state index contributed by atoms with van der Waals surface area (Å²) in [5.74, 6) is 1.19. The van der Waals surface area contributed by atoms with Crippen molar-refractivity contribution in [1.29, 1.82) is 0 Å². The number of aryl methyl sites for hydroxylation is 1. The molecule has 0 aliphatic rings. The van der Waals surface area contributed by atoms with Gasteiger partial charge in [0.05, 0.1) is 15.4 Å². The molecule has 0 amide bonds. The SMILES string of the molecule is CN(C)c1ccc(S(=O)(=O)c2ccc(CCC(=O)c3cnc4nccn4c3)cc2)cn1. The molecule has 0 fully saturated rings.